The highest BCUT2D eigenvalue weighted by Gasteiger charge is 2.25. The minimum absolute atomic E-state index is 0.169. The van der Waals surface area contributed by atoms with Crippen LogP contribution in [0.25, 0.3) is 0 Å². The Bertz CT molecular complexity index is 827. The van der Waals surface area contributed by atoms with Crippen LogP contribution in [-0.2, 0) is 6.54 Å². The van der Waals surface area contributed by atoms with E-state index in [1.165, 1.54) is 25.0 Å². The second kappa shape index (κ2) is 7.38. The smallest absolute Gasteiger partial charge is 0.266 e. The second-order valence-corrected chi connectivity index (χ2v) is 5.92. The summed E-state index contributed by atoms with van der Waals surface area (Å²) < 4.78 is 11.8. The van der Waals surface area contributed by atoms with Crippen molar-refractivity contribution in [1.82, 2.24) is 15.1 Å². The van der Waals surface area contributed by atoms with Gasteiger partial charge in [0, 0.05) is 18.5 Å². The Labute approximate surface area is 145 Å². The maximum Gasteiger partial charge on any atom is 0.266 e. The number of amides is 1. The molecule has 0 unspecified atom stereocenters. The molecule has 1 heterocycles. The van der Waals surface area contributed by atoms with Crippen LogP contribution in [0.2, 0.25) is 0 Å². The van der Waals surface area contributed by atoms with Crippen molar-refractivity contribution in [1.29, 1.82) is 0 Å². The first-order valence-electron chi connectivity index (χ1n) is 8.20. The van der Waals surface area contributed by atoms with Crippen molar-refractivity contribution in [3.63, 3.8) is 0 Å². The molecule has 0 bridgehead atoms. The van der Waals surface area contributed by atoms with Crippen molar-refractivity contribution in [2.24, 2.45) is 0 Å². The molecule has 0 atom stereocenters. The van der Waals surface area contributed by atoms with Gasteiger partial charge in [-0.15, -0.1) is 0 Å². The number of aromatic nitrogens is 2. The number of nitrogens with one attached hydrogen (secondary N) is 1. The van der Waals surface area contributed by atoms with Crippen LogP contribution < -0.4 is 20.3 Å². The summed E-state index contributed by atoms with van der Waals surface area (Å²) in [6.07, 6.45) is 2.25. The normalized spacial score (nSPS) is 13.4. The molecule has 1 aromatic carbocycles. The second-order valence-electron chi connectivity index (χ2n) is 5.92. The van der Waals surface area contributed by atoms with Gasteiger partial charge in [-0.25, -0.2) is 4.68 Å². The molecule has 7 heteroatoms. The van der Waals surface area contributed by atoms with Crippen LogP contribution in [0.4, 0.5) is 0 Å². The number of carbonyl (C=O) groups is 1. The molecular formula is C18H21N3O4. The standard InChI is InChI=1S/C18H21N3O4/c1-24-13-5-7-16(25-2)14(11-13)18(23)19-9-10-21-17(22)8-6-15(20-21)12-3-4-12/h5-8,11-12H,3-4,9-10H2,1-2H3,(H,19,23). The summed E-state index contributed by atoms with van der Waals surface area (Å²) in [6.45, 7) is 0.609. The topological polar surface area (TPSA) is 82.4 Å². The van der Waals surface area contributed by atoms with Crippen molar-refractivity contribution in [2.45, 2.75) is 25.3 Å². The summed E-state index contributed by atoms with van der Waals surface area (Å²) in [6, 6.07) is 8.34. The predicted octanol–water partition coefficient (Wildman–Crippen LogP) is 1.57. The Morgan fingerprint density at radius 2 is 2.04 bits per heavy atom. The third-order valence-corrected chi connectivity index (χ3v) is 4.14. The number of hydrogen-bond acceptors (Lipinski definition) is 5. The lowest BCUT2D eigenvalue weighted by atomic mass is 10.1. The van der Waals surface area contributed by atoms with Gasteiger partial charge in [-0.3, -0.25) is 9.59 Å². The average Bonchev–Trinajstić information content (AvgIpc) is 3.47. The van der Waals surface area contributed by atoms with Crippen molar-refractivity contribution in [2.75, 3.05) is 20.8 Å². The fourth-order valence-corrected chi connectivity index (χ4v) is 2.58. The van der Waals surface area contributed by atoms with E-state index < -0.39 is 0 Å². The molecule has 1 saturated carbocycles. The first-order valence-corrected chi connectivity index (χ1v) is 8.20. The quantitative estimate of drug-likeness (QED) is 0.825. The van der Waals surface area contributed by atoms with Crippen molar-refractivity contribution in [3.05, 3.63) is 51.9 Å². The molecule has 1 aromatic heterocycles. The van der Waals surface area contributed by atoms with E-state index in [0.717, 1.165) is 18.5 Å². The average molecular weight is 343 g/mol. The number of benzene rings is 1. The first-order chi connectivity index (χ1) is 12.1. The van der Waals surface area contributed by atoms with E-state index in [4.69, 9.17) is 9.47 Å². The van der Waals surface area contributed by atoms with Gasteiger partial charge in [0.25, 0.3) is 11.5 Å². The highest BCUT2D eigenvalue weighted by Crippen LogP contribution is 2.38. The van der Waals surface area contributed by atoms with Crippen LogP contribution in [0.15, 0.2) is 35.1 Å². The Balaban J connectivity index is 1.65. The third-order valence-electron chi connectivity index (χ3n) is 4.14. The number of rotatable bonds is 7. The fourth-order valence-electron chi connectivity index (χ4n) is 2.58. The molecule has 0 aliphatic heterocycles. The van der Waals surface area contributed by atoms with Gasteiger partial charge < -0.3 is 14.8 Å². The van der Waals surface area contributed by atoms with Gasteiger partial charge in [0.05, 0.1) is 32.0 Å². The molecule has 0 saturated heterocycles. The van der Waals surface area contributed by atoms with Gasteiger partial charge in [0.2, 0.25) is 0 Å². The van der Waals surface area contributed by atoms with Crippen molar-refractivity contribution >= 4 is 5.91 Å². The zero-order valence-electron chi connectivity index (χ0n) is 14.3. The minimum atomic E-state index is -0.290. The maximum absolute atomic E-state index is 12.4. The van der Waals surface area contributed by atoms with Crippen LogP contribution in [-0.4, -0.2) is 36.5 Å². The van der Waals surface area contributed by atoms with Crippen molar-refractivity contribution in [3.8, 4) is 11.5 Å². The zero-order valence-corrected chi connectivity index (χ0v) is 14.3. The molecule has 1 amide bonds. The Morgan fingerprint density at radius 3 is 2.72 bits per heavy atom. The monoisotopic (exact) mass is 343 g/mol. The molecule has 0 spiro atoms. The Hall–Kier alpha value is -2.83. The molecule has 7 nitrogen and oxygen atoms in total. The summed E-state index contributed by atoms with van der Waals surface area (Å²) in [5, 5.41) is 7.16. The van der Waals surface area contributed by atoms with Gasteiger partial charge in [0.15, 0.2) is 0 Å². The highest BCUT2D eigenvalue weighted by atomic mass is 16.5. The molecule has 1 aliphatic carbocycles. The van der Waals surface area contributed by atoms with Crippen molar-refractivity contribution < 1.29 is 14.3 Å². The van der Waals surface area contributed by atoms with Gasteiger partial charge in [-0.05, 0) is 37.1 Å². The molecular weight excluding hydrogens is 322 g/mol. The Morgan fingerprint density at radius 1 is 1.24 bits per heavy atom. The van der Waals surface area contributed by atoms with Crippen LogP contribution in [0, 0.1) is 0 Å². The summed E-state index contributed by atoms with van der Waals surface area (Å²) in [5.74, 6) is 1.22. The molecule has 25 heavy (non-hydrogen) atoms. The number of nitrogens with zero attached hydrogens (tertiary/aromatic N) is 2. The lowest BCUT2D eigenvalue weighted by Crippen LogP contribution is -2.32. The van der Waals surface area contributed by atoms with Gasteiger partial charge in [-0.1, -0.05) is 0 Å². The van der Waals surface area contributed by atoms with Crippen LogP contribution in [0.1, 0.15) is 34.8 Å². The van der Waals surface area contributed by atoms with Gasteiger partial charge in [-0.2, -0.15) is 5.10 Å². The van der Waals surface area contributed by atoms with E-state index in [2.05, 4.69) is 10.4 Å². The van der Waals surface area contributed by atoms with Gasteiger partial charge >= 0.3 is 0 Å². The summed E-state index contributed by atoms with van der Waals surface area (Å²) in [4.78, 5) is 24.3. The van der Waals surface area contributed by atoms with E-state index in [1.807, 2.05) is 0 Å². The number of methoxy groups -OCH3 is 2. The summed E-state index contributed by atoms with van der Waals surface area (Å²) in [7, 11) is 3.04. The highest BCUT2D eigenvalue weighted by molar-refractivity contribution is 5.97. The van der Waals surface area contributed by atoms with Crippen LogP contribution in [0.5, 0.6) is 11.5 Å². The van der Waals surface area contributed by atoms with E-state index in [9.17, 15) is 9.59 Å². The first kappa shape index (κ1) is 17.0. The van der Waals surface area contributed by atoms with E-state index in [1.54, 1.807) is 24.3 Å². The van der Waals surface area contributed by atoms with E-state index in [-0.39, 0.29) is 11.5 Å². The van der Waals surface area contributed by atoms with Gasteiger partial charge in [0.1, 0.15) is 11.5 Å². The van der Waals surface area contributed by atoms with E-state index >= 15 is 0 Å². The molecule has 3 rings (SSSR count). The Kier molecular flexibility index (Phi) is 5.02. The predicted molar refractivity (Wildman–Crippen MR) is 92.4 cm³/mol. The molecule has 2 aromatic rings. The lowest BCUT2D eigenvalue weighted by molar-refractivity contribution is 0.0948. The number of hydrogen-bond donors (Lipinski definition) is 1. The zero-order chi connectivity index (χ0) is 17.8. The molecule has 1 N–H and O–H groups in total. The van der Waals surface area contributed by atoms with Crippen LogP contribution in [0.3, 0.4) is 0 Å². The summed E-state index contributed by atoms with van der Waals surface area (Å²) >= 11 is 0. The van der Waals surface area contributed by atoms with Crippen LogP contribution >= 0.6 is 0 Å². The fraction of sp³-hybridized carbons (Fsp3) is 0.389. The molecule has 1 fully saturated rings. The largest absolute Gasteiger partial charge is 0.497 e. The minimum Gasteiger partial charge on any atom is -0.497 e. The third kappa shape index (κ3) is 3.99. The summed E-state index contributed by atoms with van der Waals surface area (Å²) in [5.41, 5.74) is 1.16. The number of ether oxygens (including phenoxy) is 2. The lowest BCUT2D eigenvalue weighted by Gasteiger charge is -2.11. The number of carbonyl (C=O) groups excluding carboxylic acids is 1. The molecule has 132 valence electrons. The molecule has 0 radical (unpaired) electrons. The van der Waals surface area contributed by atoms with E-state index in [0.29, 0.717) is 36.1 Å². The molecule has 1 aliphatic rings. The SMILES string of the molecule is COc1ccc(OC)c(C(=O)NCCn2nc(C3CC3)ccc2=O)c1. The maximum atomic E-state index is 12.4.